The third-order valence-electron chi connectivity index (χ3n) is 2.76. The van der Waals surface area contributed by atoms with Gasteiger partial charge in [-0.25, -0.2) is 8.78 Å². The minimum absolute atomic E-state index is 0.0253. The van der Waals surface area contributed by atoms with E-state index in [0.717, 1.165) is 0 Å². The Morgan fingerprint density at radius 3 is 2.53 bits per heavy atom. The number of benzene rings is 2. The van der Waals surface area contributed by atoms with Crippen LogP contribution in [0.15, 0.2) is 40.9 Å². The predicted molar refractivity (Wildman–Crippen MR) is 74.2 cm³/mol. The van der Waals surface area contributed by atoms with E-state index in [4.69, 9.17) is 11.6 Å². The van der Waals surface area contributed by atoms with Gasteiger partial charge in [0.1, 0.15) is 11.6 Å². The first-order chi connectivity index (χ1) is 8.99. The zero-order chi connectivity index (χ0) is 14.0. The van der Waals surface area contributed by atoms with Crippen molar-refractivity contribution >= 4 is 27.5 Å². The lowest BCUT2D eigenvalue weighted by atomic mass is 10.0. The Morgan fingerprint density at radius 2 is 1.89 bits per heavy atom. The normalized spacial score (nSPS) is 12.5. The maximum absolute atomic E-state index is 13.7. The topological polar surface area (TPSA) is 20.2 Å². The van der Waals surface area contributed by atoms with Crippen LogP contribution in [0.2, 0.25) is 5.02 Å². The Bertz CT molecular complexity index is 584. The summed E-state index contributed by atoms with van der Waals surface area (Å²) in [5.41, 5.74) is 0.406. The first kappa shape index (κ1) is 14.4. The SMILES string of the molecule is OC(Cc1ccc(Cl)cc1F)c1c(F)cccc1Br. The smallest absolute Gasteiger partial charge is 0.130 e. The molecule has 1 unspecified atom stereocenters. The molecule has 0 aliphatic rings. The minimum atomic E-state index is -1.13. The van der Waals surface area contributed by atoms with E-state index >= 15 is 0 Å². The molecule has 1 N–H and O–H groups in total. The molecule has 5 heteroatoms. The van der Waals surface area contributed by atoms with Crippen molar-refractivity contribution in [3.63, 3.8) is 0 Å². The summed E-state index contributed by atoms with van der Waals surface area (Å²) in [5.74, 6) is -1.05. The van der Waals surface area contributed by atoms with Crippen LogP contribution in [0.25, 0.3) is 0 Å². The highest BCUT2D eigenvalue weighted by atomic mass is 79.9. The van der Waals surface area contributed by atoms with Crippen LogP contribution in [-0.2, 0) is 6.42 Å². The van der Waals surface area contributed by atoms with Crippen LogP contribution in [0.1, 0.15) is 17.2 Å². The fraction of sp³-hybridized carbons (Fsp3) is 0.143. The summed E-state index contributed by atoms with van der Waals surface area (Å²) in [6.45, 7) is 0. The molecule has 0 saturated carbocycles. The summed E-state index contributed by atoms with van der Waals surface area (Å²) in [6.07, 6.45) is -1.16. The van der Waals surface area contributed by atoms with Crippen LogP contribution in [0, 0.1) is 11.6 Å². The minimum Gasteiger partial charge on any atom is -0.388 e. The third kappa shape index (κ3) is 3.32. The second-order valence-electron chi connectivity index (χ2n) is 4.09. The molecule has 0 aliphatic carbocycles. The molecule has 19 heavy (non-hydrogen) atoms. The fourth-order valence-corrected chi connectivity index (χ4v) is 2.59. The van der Waals surface area contributed by atoms with E-state index in [1.54, 1.807) is 6.07 Å². The standard InChI is InChI=1S/C14H10BrClF2O/c15-10-2-1-3-11(17)14(10)13(19)6-8-4-5-9(16)7-12(8)18/h1-5,7,13,19H,6H2. The Hall–Kier alpha value is -0.970. The lowest BCUT2D eigenvalue weighted by molar-refractivity contribution is 0.171. The number of aliphatic hydroxyl groups excluding tert-OH is 1. The van der Waals surface area contributed by atoms with E-state index < -0.39 is 17.7 Å². The third-order valence-corrected chi connectivity index (χ3v) is 3.69. The predicted octanol–water partition coefficient (Wildman–Crippen LogP) is 4.66. The van der Waals surface area contributed by atoms with Gasteiger partial charge in [0.2, 0.25) is 0 Å². The average molecular weight is 348 g/mol. The van der Waals surface area contributed by atoms with Gasteiger partial charge in [-0.1, -0.05) is 39.7 Å². The molecule has 0 fully saturated rings. The van der Waals surface area contributed by atoms with Crippen LogP contribution in [0.4, 0.5) is 8.78 Å². The van der Waals surface area contributed by atoms with Gasteiger partial charge in [-0.05, 0) is 29.8 Å². The molecule has 0 aromatic heterocycles. The molecule has 0 saturated heterocycles. The molecular formula is C14H10BrClF2O. The summed E-state index contributed by atoms with van der Waals surface area (Å²) in [6, 6.07) is 8.58. The van der Waals surface area contributed by atoms with Crippen molar-refractivity contribution < 1.29 is 13.9 Å². The maximum atomic E-state index is 13.7. The van der Waals surface area contributed by atoms with Crippen molar-refractivity contribution in [2.24, 2.45) is 0 Å². The van der Waals surface area contributed by atoms with Gasteiger partial charge in [-0.3, -0.25) is 0 Å². The highest BCUT2D eigenvalue weighted by molar-refractivity contribution is 9.10. The van der Waals surface area contributed by atoms with Crippen LogP contribution in [0.5, 0.6) is 0 Å². The van der Waals surface area contributed by atoms with E-state index in [2.05, 4.69) is 15.9 Å². The first-order valence-corrected chi connectivity index (χ1v) is 6.72. The molecule has 2 aromatic rings. The number of rotatable bonds is 3. The Labute approximate surface area is 123 Å². The second-order valence-corrected chi connectivity index (χ2v) is 5.38. The van der Waals surface area contributed by atoms with E-state index in [9.17, 15) is 13.9 Å². The van der Waals surface area contributed by atoms with Crippen LogP contribution in [-0.4, -0.2) is 5.11 Å². The molecule has 0 heterocycles. The van der Waals surface area contributed by atoms with Gasteiger partial charge in [0.15, 0.2) is 0 Å². The summed E-state index contributed by atoms with van der Waals surface area (Å²) in [4.78, 5) is 0. The van der Waals surface area contributed by atoms with Crippen LogP contribution >= 0.6 is 27.5 Å². The molecule has 2 rings (SSSR count). The highest BCUT2D eigenvalue weighted by Crippen LogP contribution is 2.29. The summed E-state index contributed by atoms with van der Waals surface area (Å²) < 4.78 is 27.7. The van der Waals surface area contributed by atoms with Crippen LogP contribution in [0.3, 0.4) is 0 Å². The summed E-state index contributed by atoms with van der Waals surface area (Å²) in [5, 5.41) is 10.3. The summed E-state index contributed by atoms with van der Waals surface area (Å²) >= 11 is 8.83. The zero-order valence-corrected chi connectivity index (χ0v) is 12.0. The van der Waals surface area contributed by atoms with Crippen molar-refractivity contribution in [3.8, 4) is 0 Å². The Kier molecular flexibility index (Phi) is 4.55. The zero-order valence-electron chi connectivity index (χ0n) is 9.71. The van der Waals surface area contributed by atoms with Gasteiger partial charge in [0, 0.05) is 21.5 Å². The molecule has 0 amide bonds. The number of halogens is 4. The van der Waals surface area contributed by atoms with E-state index in [1.807, 2.05) is 0 Å². The van der Waals surface area contributed by atoms with Gasteiger partial charge < -0.3 is 5.11 Å². The Balaban J connectivity index is 2.28. The fourth-order valence-electron chi connectivity index (χ4n) is 1.83. The molecule has 1 nitrogen and oxygen atoms in total. The quantitative estimate of drug-likeness (QED) is 0.856. The van der Waals surface area contributed by atoms with E-state index in [0.29, 0.717) is 4.47 Å². The molecule has 0 aliphatic heterocycles. The average Bonchev–Trinajstić information content (AvgIpc) is 2.32. The van der Waals surface area contributed by atoms with Crippen molar-refractivity contribution in [3.05, 3.63) is 68.7 Å². The van der Waals surface area contributed by atoms with E-state index in [1.165, 1.54) is 30.3 Å². The molecular weight excluding hydrogens is 338 g/mol. The van der Waals surface area contributed by atoms with Crippen LogP contribution < -0.4 is 0 Å². The molecule has 0 radical (unpaired) electrons. The van der Waals surface area contributed by atoms with Crippen molar-refractivity contribution in [2.45, 2.75) is 12.5 Å². The lowest BCUT2D eigenvalue weighted by Gasteiger charge is -2.14. The molecule has 2 aromatic carbocycles. The molecule has 0 spiro atoms. The number of aliphatic hydroxyl groups is 1. The largest absolute Gasteiger partial charge is 0.388 e. The Morgan fingerprint density at radius 1 is 1.16 bits per heavy atom. The van der Waals surface area contributed by atoms with Crippen molar-refractivity contribution in [1.29, 1.82) is 0 Å². The molecule has 100 valence electrons. The maximum Gasteiger partial charge on any atom is 0.130 e. The van der Waals surface area contributed by atoms with E-state index in [-0.39, 0.29) is 22.6 Å². The molecule has 0 bridgehead atoms. The lowest BCUT2D eigenvalue weighted by Crippen LogP contribution is -2.06. The van der Waals surface area contributed by atoms with Gasteiger partial charge in [-0.15, -0.1) is 0 Å². The van der Waals surface area contributed by atoms with Gasteiger partial charge >= 0.3 is 0 Å². The highest BCUT2D eigenvalue weighted by Gasteiger charge is 2.18. The monoisotopic (exact) mass is 346 g/mol. The second kappa shape index (κ2) is 5.99. The van der Waals surface area contributed by atoms with Gasteiger partial charge in [-0.2, -0.15) is 0 Å². The summed E-state index contributed by atoms with van der Waals surface area (Å²) in [7, 11) is 0. The van der Waals surface area contributed by atoms with Gasteiger partial charge in [0.25, 0.3) is 0 Å². The molecule has 1 atom stereocenters. The van der Waals surface area contributed by atoms with Crippen molar-refractivity contribution in [1.82, 2.24) is 0 Å². The number of hydrogen-bond donors (Lipinski definition) is 1. The van der Waals surface area contributed by atoms with Gasteiger partial charge in [0.05, 0.1) is 6.10 Å². The number of hydrogen-bond acceptors (Lipinski definition) is 1. The van der Waals surface area contributed by atoms with Crippen molar-refractivity contribution in [2.75, 3.05) is 0 Å². The first-order valence-electron chi connectivity index (χ1n) is 5.55.